The molecule has 2 N–H and O–H groups in total. The number of likely N-dealkylation sites (tertiary alicyclic amines) is 1. The summed E-state index contributed by atoms with van der Waals surface area (Å²) in [6.07, 6.45) is 2.28. The van der Waals surface area contributed by atoms with Crippen LogP contribution in [-0.2, 0) is 11.2 Å². The molecule has 1 amide bonds. The molecule has 0 radical (unpaired) electrons. The molecule has 0 bridgehead atoms. The van der Waals surface area contributed by atoms with Gasteiger partial charge in [0, 0.05) is 25.9 Å². The molecule has 1 saturated heterocycles. The molecule has 0 saturated carbocycles. The highest BCUT2D eigenvalue weighted by molar-refractivity contribution is 7.18. The van der Waals surface area contributed by atoms with Crippen molar-refractivity contribution in [3.8, 4) is 0 Å². The van der Waals surface area contributed by atoms with Gasteiger partial charge in [0.15, 0.2) is 0 Å². The molecule has 21 heavy (non-hydrogen) atoms. The normalized spacial score (nSPS) is 22.1. The molecule has 1 fully saturated rings. The van der Waals surface area contributed by atoms with E-state index >= 15 is 0 Å². The smallest absolute Gasteiger partial charge is 0.223 e. The predicted octanol–water partition coefficient (Wildman–Crippen LogP) is 2.43. The van der Waals surface area contributed by atoms with Gasteiger partial charge < -0.3 is 10.6 Å². The minimum Gasteiger partial charge on any atom is -0.342 e. The summed E-state index contributed by atoms with van der Waals surface area (Å²) in [6.45, 7) is 4.44. The second-order valence-electron chi connectivity index (χ2n) is 6.16. The SMILES string of the molecule is CC1(CN)CCN(C(=O)CCc2nc3ccccc3s2)C1. The number of fused-ring (bicyclic) bond motifs is 1. The molecule has 1 aromatic carbocycles. The van der Waals surface area contributed by atoms with E-state index in [2.05, 4.69) is 18.0 Å². The molecule has 112 valence electrons. The van der Waals surface area contributed by atoms with Gasteiger partial charge in [-0.2, -0.15) is 0 Å². The van der Waals surface area contributed by atoms with E-state index in [0.29, 0.717) is 13.0 Å². The first-order chi connectivity index (χ1) is 10.1. The van der Waals surface area contributed by atoms with E-state index in [1.54, 1.807) is 11.3 Å². The topological polar surface area (TPSA) is 59.2 Å². The summed E-state index contributed by atoms with van der Waals surface area (Å²) >= 11 is 1.68. The van der Waals surface area contributed by atoms with Crippen molar-refractivity contribution in [3.63, 3.8) is 0 Å². The fraction of sp³-hybridized carbons (Fsp3) is 0.500. The Morgan fingerprint density at radius 1 is 1.48 bits per heavy atom. The number of benzene rings is 1. The number of thiazole rings is 1. The molecule has 2 aromatic rings. The average molecular weight is 303 g/mol. The molecule has 1 atom stereocenters. The molecule has 5 heteroatoms. The number of amides is 1. The van der Waals surface area contributed by atoms with Crippen molar-refractivity contribution in [2.24, 2.45) is 11.1 Å². The Hall–Kier alpha value is -1.46. The molecule has 1 aliphatic rings. The van der Waals surface area contributed by atoms with Crippen molar-refractivity contribution < 1.29 is 4.79 Å². The predicted molar refractivity (Wildman–Crippen MR) is 86.3 cm³/mol. The van der Waals surface area contributed by atoms with Gasteiger partial charge in [-0.25, -0.2) is 4.98 Å². The Bertz CT molecular complexity index is 621. The average Bonchev–Trinajstić information content (AvgIpc) is 3.08. The number of rotatable bonds is 4. The van der Waals surface area contributed by atoms with E-state index < -0.39 is 0 Å². The second kappa shape index (κ2) is 5.73. The monoisotopic (exact) mass is 303 g/mol. The first-order valence-corrected chi connectivity index (χ1v) is 8.24. The molecule has 1 aliphatic heterocycles. The number of carbonyl (C=O) groups is 1. The van der Waals surface area contributed by atoms with E-state index in [1.165, 1.54) is 4.70 Å². The van der Waals surface area contributed by atoms with E-state index in [1.807, 2.05) is 23.1 Å². The number of carbonyl (C=O) groups excluding carboxylic acids is 1. The van der Waals surface area contributed by atoms with Crippen molar-refractivity contribution in [1.82, 2.24) is 9.88 Å². The lowest BCUT2D eigenvalue weighted by atomic mass is 9.90. The Morgan fingerprint density at radius 3 is 3.00 bits per heavy atom. The van der Waals surface area contributed by atoms with Gasteiger partial charge in [-0.15, -0.1) is 11.3 Å². The molecule has 4 nitrogen and oxygen atoms in total. The van der Waals surface area contributed by atoms with E-state index in [4.69, 9.17) is 5.73 Å². The van der Waals surface area contributed by atoms with Gasteiger partial charge in [-0.1, -0.05) is 19.1 Å². The van der Waals surface area contributed by atoms with Crippen LogP contribution in [0.4, 0.5) is 0 Å². The zero-order chi connectivity index (χ0) is 14.9. The van der Waals surface area contributed by atoms with Crippen LogP contribution in [0.15, 0.2) is 24.3 Å². The summed E-state index contributed by atoms with van der Waals surface area (Å²) in [4.78, 5) is 18.8. The Kier molecular flexibility index (Phi) is 3.95. The van der Waals surface area contributed by atoms with Crippen LogP contribution in [0.2, 0.25) is 0 Å². The maximum Gasteiger partial charge on any atom is 0.223 e. The summed E-state index contributed by atoms with van der Waals surface area (Å²) in [5.41, 5.74) is 6.92. The number of nitrogens with zero attached hydrogens (tertiary/aromatic N) is 2. The maximum absolute atomic E-state index is 12.3. The van der Waals surface area contributed by atoms with Gasteiger partial charge in [0.25, 0.3) is 0 Å². The van der Waals surface area contributed by atoms with E-state index in [9.17, 15) is 4.79 Å². The summed E-state index contributed by atoms with van der Waals surface area (Å²) in [5, 5.41) is 1.05. The summed E-state index contributed by atoms with van der Waals surface area (Å²) in [7, 11) is 0. The first kappa shape index (κ1) is 14.5. The quantitative estimate of drug-likeness (QED) is 0.943. The van der Waals surface area contributed by atoms with Crippen LogP contribution in [-0.4, -0.2) is 35.4 Å². The van der Waals surface area contributed by atoms with Crippen molar-refractivity contribution in [2.75, 3.05) is 19.6 Å². The molecule has 1 aromatic heterocycles. The van der Waals surface area contributed by atoms with E-state index in [0.717, 1.165) is 36.5 Å². The van der Waals surface area contributed by atoms with Gasteiger partial charge in [0.05, 0.1) is 15.2 Å². The number of nitrogens with two attached hydrogens (primary N) is 1. The zero-order valence-corrected chi connectivity index (χ0v) is 13.2. The van der Waals surface area contributed by atoms with Crippen LogP contribution >= 0.6 is 11.3 Å². The lowest BCUT2D eigenvalue weighted by molar-refractivity contribution is -0.130. The van der Waals surface area contributed by atoms with Gasteiger partial charge in [-0.05, 0) is 30.5 Å². The summed E-state index contributed by atoms with van der Waals surface area (Å²) in [6, 6.07) is 8.11. The van der Waals surface area contributed by atoms with Crippen LogP contribution in [0.3, 0.4) is 0 Å². The van der Waals surface area contributed by atoms with Gasteiger partial charge in [0.1, 0.15) is 0 Å². The van der Waals surface area contributed by atoms with Crippen LogP contribution in [0, 0.1) is 5.41 Å². The zero-order valence-electron chi connectivity index (χ0n) is 12.3. The lowest BCUT2D eigenvalue weighted by Gasteiger charge is -2.22. The Morgan fingerprint density at radius 2 is 2.29 bits per heavy atom. The summed E-state index contributed by atoms with van der Waals surface area (Å²) in [5.74, 6) is 0.228. The van der Waals surface area contributed by atoms with Crippen molar-refractivity contribution in [2.45, 2.75) is 26.2 Å². The highest BCUT2D eigenvalue weighted by atomic mass is 32.1. The standard InChI is InChI=1S/C16H21N3OS/c1-16(10-17)8-9-19(11-16)15(20)7-6-14-18-12-4-2-3-5-13(12)21-14/h2-5H,6-11,17H2,1H3. The minimum atomic E-state index is 0.103. The fourth-order valence-electron chi connectivity index (χ4n) is 2.80. The molecular weight excluding hydrogens is 282 g/mol. The third kappa shape index (κ3) is 3.09. The fourth-order valence-corrected chi connectivity index (χ4v) is 3.77. The third-order valence-electron chi connectivity index (χ3n) is 4.29. The van der Waals surface area contributed by atoms with Gasteiger partial charge in [-0.3, -0.25) is 4.79 Å². The Labute approximate surface area is 129 Å². The van der Waals surface area contributed by atoms with Gasteiger partial charge >= 0.3 is 0 Å². The molecule has 2 heterocycles. The number of hydrogen-bond donors (Lipinski definition) is 1. The third-order valence-corrected chi connectivity index (χ3v) is 5.39. The first-order valence-electron chi connectivity index (χ1n) is 7.42. The Balaban J connectivity index is 1.59. The molecular formula is C16H21N3OS. The van der Waals surface area contributed by atoms with Crippen molar-refractivity contribution >= 4 is 27.5 Å². The maximum atomic E-state index is 12.3. The molecule has 0 spiro atoms. The number of aryl methyl sites for hydroxylation is 1. The summed E-state index contributed by atoms with van der Waals surface area (Å²) < 4.78 is 1.19. The largest absolute Gasteiger partial charge is 0.342 e. The highest BCUT2D eigenvalue weighted by Crippen LogP contribution is 2.29. The molecule has 3 rings (SSSR count). The molecule has 1 unspecified atom stereocenters. The van der Waals surface area contributed by atoms with Crippen molar-refractivity contribution in [3.05, 3.63) is 29.3 Å². The van der Waals surface area contributed by atoms with Crippen LogP contribution < -0.4 is 5.73 Å². The van der Waals surface area contributed by atoms with Crippen LogP contribution in [0.1, 0.15) is 24.8 Å². The van der Waals surface area contributed by atoms with Crippen LogP contribution in [0.25, 0.3) is 10.2 Å². The number of aromatic nitrogens is 1. The highest BCUT2D eigenvalue weighted by Gasteiger charge is 2.34. The van der Waals surface area contributed by atoms with Crippen molar-refractivity contribution in [1.29, 1.82) is 0 Å². The number of para-hydroxylation sites is 1. The van der Waals surface area contributed by atoms with E-state index in [-0.39, 0.29) is 11.3 Å². The second-order valence-corrected chi connectivity index (χ2v) is 7.27. The minimum absolute atomic E-state index is 0.103. The molecule has 0 aliphatic carbocycles. The van der Waals surface area contributed by atoms with Gasteiger partial charge in [0.2, 0.25) is 5.91 Å². The van der Waals surface area contributed by atoms with Crippen LogP contribution in [0.5, 0.6) is 0 Å². The number of hydrogen-bond acceptors (Lipinski definition) is 4. The lowest BCUT2D eigenvalue weighted by Crippen LogP contribution is -2.34.